The molecule has 1 heterocycles. The van der Waals surface area contributed by atoms with Crippen molar-refractivity contribution in [2.75, 3.05) is 0 Å². The third-order valence-electron chi connectivity index (χ3n) is 2.42. The van der Waals surface area contributed by atoms with Crippen molar-refractivity contribution in [2.24, 2.45) is 11.7 Å². The van der Waals surface area contributed by atoms with Crippen LogP contribution in [-0.4, -0.2) is 24.3 Å². The van der Waals surface area contributed by atoms with Gasteiger partial charge in [0.05, 0.1) is 12.0 Å². The molecule has 2 N–H and O–H groups in total. The lowest BCUT2D eigenvalue weighted by molar-refractivity contribution is -0.249. The molecule has 0 aromatic rings. The minimum Gasteiger partial charge on any atom is -0.369 e. The van der Waals surface area contributed by atoms with Gasteiger partial charge in [0.15, 0.2) is 6.10 Å². The Bertz CT molecular complexity index is 229. The number of rotatable bonds is 1. The molecule has 1 rings (SSSR count). The van der Waals surface area contributed by atoms with Gasteiger partial charge in [-0.15, -0.1) is 0 Å². The van der Waals surface area contributed by atoms with E-state index in [0.29, 0.717) is 0 Å². The summed E-state index contributed by atoms with van der Waals surface area (Å²) in [7, 11) is 0. The lowest BCUT2D eigenvalue weighted by Crippen LogP contribution is -2.45. The minimum absolute atomic E-state index is 0.140. The van der Waals surface area contributed by atoms with E-state index in [9.17, 15) is 18.0 Å². The Morgan fingerprint density at radius 3 is 2.36 bits per heavy atom. The molecule has 1 aliphatic heterocycles. The summed E-state index contributed by atoms with van der Waals surface area (Å²) in [6, 6.07) is 0. The van der Waals surface area contributed by atoms with Crippen LogP contribution in [0.3, 0.4) is 0 Å². The molecular formula is C8H12F3NO2. The monoisotopic (exact) mass is 211 g/mol. The van der Waals surface area contributed by atoms with Crippen molar-refractivity contribution in [1.29, 1.82) is 0 Å². The molecule has 1 saturated heterocycles. The summed E-state index contributed by atoms with van der Waals surface area (Å²) >= 11 is 0. The van der Waals surface area contributed by atoms with E-state index < -0.39 is 30.2 Å². The summed E-state index contributed by atoms with van der Waals surface area (Å²) in [4.78, 5) is 10.8. The van der Waals surface area contributed by atoms with E-state index in [1.807, 2.05) is 0 Å². The molecular weight excluding hydrogens is 199 g/mol. The minimum atomic E-state index is -4.35. The molecule has 0 bridgehead atoms. The van der Waals surface area contributed by atoms with Gasteiger partial charge in [0.2, 0.25) is 5.91 Å². The highest BCUT2D eigenvalue weighted by Gasteiger charge is 2.45. The Hall–Kier alpha value is -0.780. The zero-order chi connectivity index (χ0) is 10.9. The number of alkyl halides is 3. The summed E-state index contributed by atoms with van der Waals surface area (Å²) in [5.41, 5.74) is 5.01. The number of carbonyl (C=O) groups excluding carboxylic acids is 1. The molecule has 1 amide bonds. The first kappa shape index (κ1) is 11.3. The second-order valence-corrected chi connectivity index (χ2v) is 3.46. The summed E-state index contributed by atoms with van der Waals surface area (Å²) in [6.45, 7) is 1.44. The fraction of sp³-hybridized carbons (Fsp3) is 0.875. The fourth-order valence-electron chi connectivity index (χ4n) is 1.60. The predicted octanol–water partition coefficient (Wildman–Crippen LogP) is 1.22. The van der Waals surface area contributed by atoms with Gasteiger partial charge in [-0.1, -0.05) is 0 Å². The van der Waals surface area contributed by atoms with E-state index in [0.717, 1.165) is 0 Å². The van der Waals surface area contributed by atoms with Gasteiger partial charge in [-0.05, 0) is 19.8 Å². The third-order valence-corrected chi connectivity index (χ3v) is 2.42. The van der Waals surface area contributed by atoms with Crippen LogP contribution in [0.5, 0.6) is 0 Å². The maximum atomic E-state index is 12.2. The standard InChI is InChI=1S/C8H12F3NO2/c1-4-5(7(12)13)2-3-6(14-4)8(9,10)11/h4-6H,2-3H2,1H3,(H2,12,13). The largest absolute Gasteiger partial charge is 0.414 e. The Labute approximate surface area is 79.4 Å². The molecule has 0 spiro atoms. The summed E-state index contributed by atoms with van der Waals surface area (Å²) in [6.07, 6.45) is -6.92. The second-order valence-electron chi connectivity index (χ2n) is 3.46. The first-order valence-electron chi connectivity index (χ1n) is 4.34. The first-order chi connectivity index (χ1) is 6.32. The van der Waals surface area contributed by atoms with E-state index >= 15 is 0 Å². The van der Waals surface area contributed by atoms with Gasteiger partial charge in [-0.25, -0.2) is 0 Å². The molecule has 0 saturated carbocycles. The van der Waals surface area contributed by atoms with Gasteiger partial charge in [0.25, 0.3) is 0 Å². The fourth-order valence-corrected chi connectivity index (χ4v) is 1.60. The number of amides is 1. The smallest absolute Gasteiger partial charge is 0.369 e. The highest BCUT2D eigenvalue weighted by molar-refractivity contribution is 5.77. The molecule has 3 unspecified atom stereocenters. The molecule has 3 nitrogen and oxygen atoms in total. The van der Waals surface area contributed by atoms with E-state index in [4.69, 9.17) is 10.5 Å². The van der Waals surface area contributed by atoms with Crippen LogP contribution >= 0.6 is 0 Å². The topological polar surface area (TPSA) is 52.3 Å². The molecule has 0 radical (unpaired) electrons. The number of nitrogens with two attached hydrogens (primary N) is 1. The van der Waals surface area contributed by atoms with Crippen molar-refractivity contribution in [3.63, 3.8) is 0 Å². The number of carbonyl (C=O) groups is 1. The molecule has 1 aliphatic rings. The first-order valence-corrected chi connectivity index (χ1v) is 4.34. The van der Waals surface area contributed by atoms with Crippen LogP contribution in [-0.2, 0) is 9.53 Å². The summed E-state index contributed by atoms with van der Waals surface area (Å²) in [5, 5.41) is 0. The maximum absolute atomic E-state index is 12.2. The van der Waals surface area contributed by atoms with Gasteiger partial charge in [-0.3, -0.25) is 4.79 Å². The van der Waals surface area contributed by atoms with Gasteiger partial charge in [0, 0.05) is 0 Å². The zero-order valence-corrected chi connectivity index (χ0v) is 7.67. The van der Waals surface area contributed by atoms with Gasteiger partial charge < -0.3 is 10.5 Å². The van der Waals surface area contributed by atoms with Crippen LogP contribution in [0.15, 0.2) is 0 Å². The van der Waals surface area contributed by atoms with Crippen molar-refractivity contribution in [3.8, 4) is 0 Å². The van der Waals surface area contributed by atoms with Gasteiger partial charge in [0.1, 0.15) is 0 Å². The quantitative estimate of drug-likeness (QED) is 0.708. The van der Waals surface area contributed by atoms with E-state index in [1.54, 1.807) is 0 Å². The maximum Gasteiger partial charge on any atom is 0.414 e. The van der Waals surface area contributed by atoms with Crippen LogP contribution in [0.1, 0.15) is 19.8 Å². The summed E-state index contributed by atoms with van der Waals surface area (Å²) < 4.78 is 41.3. The Morgan fingerprint density at radius 2 is 2.00 bits per heavy atom. The van der Waals surface area contributed by atoms with Crippen LogP contribution in [0.2, 0.25) is 0 Å². The Balaban J connectivity index is 2.60. The van der Waals surface area contributed by atoms with Crippen LogP contribution in [0, 0.1) is 5.92 Å². The second kappa shape index (κ2) is 3.76. The summed E-state index contributed by atoms with van der Waals surface area (Å²) in [5.74, 6) is -1.20. The Morgan fingerprint density at radius 1 is 1.43 bits per heavy atom. The van der Waals surface area contributed by atoms with Crippen LogP contribution in [0.25, 0.3) is 0 Å². The molecule has 82 valence electrons. The highest BCUT2D eigenvalue weighted by Crippen LogP contribution is 2.34. The van der Waals surface area contributed by atoms with Crippen molar-refractivity contribution < 1.29 is 22.7 Å². The number of halogens is 3. The lowest BCUT2D eigenvalue weighted by Gasteiger charge is -2.33. The average molecular weight is 211 g/mol. The average Bonchev–Trinajstić information content (AvgIpc) is 2.01. The highest BCUT2D eigenvalue weighted by atomic mass is 19.4. The van der Waals surface area contributed by atoms with E-state index in [2.05, 4.69) is 0 Å². The number of hydrogen-bond donors (Lipinski definition) is 1. The molecule has 6 heteroatoms. The molecule has 3 atom stereocenters. The zero-order valence-electron chi connectivity index (χ0n) is 7.67. The molecule has 1 fully saturated rings. The van der Waals surface area contributed by atoms with Crippen LogP contribution in [0.4, 0.5) is 13.2 Å². The Kier molecular flexibility index (Phi) is 3.04. The molecule has 0 aromatic carbocycles. The molecule has 14 heavy (non-hydrogen) atoms. The van der Waals surface area contributed by atoms with E-state index in [-0.39, 0.29) is 12.8 Å². The van der Waals surface area contributed by atoms with Gasteiger partial charge in [-0.2, -0.15) is 13.2 Å². The lowest BCUT2D eigenvalue weighted by atomic mass is 9.92. The van der Waals surface area contributed by atoms with Crippen molar-refractivity contribution in [3.05, 3.63) is 0 Å². The van der Waals surface area contributed by atoms with Crippen molar-refractivity contribution in [2.45, 2.75) is 38.1 Å². The predicted molar refractivity (Wildman–Crippen MR) is 42.3 cm³/mol. The van der Waals surface area contributed by atoms with Crippen molar-refractivity contribution >= 4 is 5.91 Å². The van der Waals surface area contributed by atoms with E-state index in [1.165, 1.54) is 6.92 Å². The number of hydrogen-bond acceptors (Lipinski definition) is 2. The van der Waals surface area contributed by atoms with Crippen LogP contribution < -0.4 is 5.73 Å². The SMILES string of the molecule is CC1OC(C(F)(F)F)CCC1C(N)=O. The van der Waals surface area contributed by atoms with Gasteiger partial charge >= 0.3 is 6.18 Å². The molecule has 0 aliphatic carbocycles. The number of ether oxygens (including phenoxy) is 1. The molecule has 0 aromatic heterocycles. The normalized spacial score (nSPS) is 34.1. The number of primary amides is 1. The van der Waals surface area contributed by atoms with Crippen molar-refractivity contribution in [1.82, 2.24) is 0 Å². The third kappa shape index (κ3) is 2.37.